The minimum absolute atomic E-state index is 0.626. The summed E-state index contributed by atoms with van der Waals surface area (Å²) in [6.07, 6.45) is 3.15. The van der Waals surface area contributed by atoms with Gasteiger partial charge in [-0.2, -0.15) is 0 Å². The number of hydrogen-bond acceptors (Lipinski definition) is 3. The molecule has 1 aliphatic heterocycles. The van der Waals surface area contributed by atoms with Crippen LogP contribution in [0.5, 0.6) is 0 Å². The number of fused-ring (bicyclic) bond motifs is 3. The third kappa shape index (κ3) is 0.886. The monoisotopic (exact) mass is 202 g/mol. The molecule has 0 bridgehead atoms. The van der Waals surface area contributed by atoms with Gasteiger partial charge in [0, 0.05) is 17.3 Å². The first-order valence-corrected chi connectivity index (χ1v) is 5.34. The molecule has 0 fully saturated rings. The van der Waals surface area contributed by atoms with Crippen molar-refractivity contribution in [3.05, 3.63) is 36.8 Å². The van der Waals surface area contributed by atoms with Gasteiger partial charge >= 0.3 is 0 Å². The Morgan fingerprint density at radius 3 is 2.93 bits per heavy atom. The van der Waals surface area contributed by atoms with Gasteiger partial charge in [-0.15, -0.1) is 0 Å². The fourth-order valence-electron chi connectivity index (χ4n) is 1.61. The summed E-state index contributed by atoms with van der Waals surface area (Å²) >= 11 is 0. The second kappa shape index (κ2) is 2.72. The van der Waals surface area contributed by atoms with Crippen molar-refractivity contribution in [1.82, 2.24) is 9.97 Å². The van der Waals surface area contributed by atoms with Crippen molar-refractivity contribution in [2.45, 2.75) is 9.92 Å². The molecule has 68 valence electrons. The minimum Gasteiger partial charge on any atom is -0.247 e. The largest absolute Gasteiger partial charge is 0.247 e. The molecule has 3 nitrogen and oxygen atoms in total. The lowest BCUT2D eigenvalue weighted by Crippen LogP contribution is -1.89. The molecule has 2 aromatic rings. The average Bonchev–Trinajstić information content (AvgIpc) is 2.55. The van der Waals surface area contributed by atoms with Crippen LogP contribution in [0.15, 0.2) is 46.7 Å². The van der Waals surface area contributed by atoms with E-state index in [0.29, 0.717) is 5.03 Å². The first-order valence-electron chi connectivity index (χ1n) is 4.19. The van der Waals surface area contributed by atoms with Crippen LogP contribution in [0.2, 0.25) is 0 Å². The van der Waals surface area contributed by atoms with Gasteiger partial charge in [0.25, 0.3) is 0 Å². The van der Waals surface area contributed by atoms with Crippen LogP contribution in [0.4, 0.5) is 0 Å². The predicted octanol–water partition coefficient (Wildman–Crippen LogP) is 1.62. The maximum absolute atomic E-state index is 11.9. The van der Waals surface area contributed by atoms with Crippen LogP contribution in [0.3, 0.4) is 0 Å². The Morgan fingerprint density at radius 1 is 1.14 bits per heavy atom. The van der Waals surface area contributed by atoms with Gasteiger partial charge in [0.15, 0.2) is 0 Å². The first kappa shape index (κ1) is 7.82. The fourth-order valence-corrected chi connectivity index (χ4v) is 2.90. The van der Waals surface area contributed by atoms with E-state index in [1.54, 1.807) is 6.20 Å². The van der Waals surface area contributed by atoms with Crippen LogP contribution in [0, 0.1) is 0 Å². The van der Waals surface area contributed by atoms with Crippen molar-refractivity contribution in [2.75, 3.05) is 0 Å². The molecule has 0 spiro atoms. The molecule has 2 heterocycles. The Morgan fingerprint density at radius 2 is 2.00 bits per heavy atom. The van der Waals surface area contributed by atoms with Gasteiger partial charge in [-0.3, -0.25) is 0 Å². The molecule has 4 heteroatoms. The lowest BCUT2D eigenvalue weighted by atomic mass is 10.1. The van der Waals surface area contributed by atoms with Gasteiger partial charge in [0.1, 0.15) is 22.2 Å². The highest BCUT2D eigenvalue weighted by molar-refractivity contribution is 7.85. The van der Waals surface area contributed by atoms with Crippen LogP contribution in [0.1, 0.15) is 0 Å². The standard InChI is InChI=1S/C10H6N2OS/c13-14-9-4-2-1-3-7(9)8-5-11-6-12-10(8)14/h1-6H. The summed E-state index contributed by atoms with van der Waals surface area (Å²) in [6.45, 7) is 0. The molecule has 14 heavy (non-hydrogen) atoms. The summed E-state index contributed by atoms with van der Waals surface area (Å²) in [6, 6.07) is 7.63. The van der Waals surface area contributed by atoms with E-state index in [1.807, 2.05) is 24.3 Å². The molecule has 3 rings (SSSR count). The molecule has 0 aliphatic carbocycles. The van der Waals surface area contributed by atoms with Crippen molar-refractivity contribution >= 4 is 10.8 Å². The van der Waals surface area contributed by atoms with Crippen molar-refractivity contribution in [2.24, 2.45) is 0 Å². The van der Waals surface area contributed by atoms with Crippen LogP contribution in [-0.4, -0.2) is 14.2 Å². The van der Waals surface area contributed by atoms with Gasteiger partial charge in [-0.25, -0.2) is 14.2 Å². The van der Waals surface area contributed by atoms with Crippen molar-refractivity contribution in [3.8, 4) is 11.1 Å². The van der Waals surface area contributed by atoms with E-state index in [0.717, 1.165) is 16.0 Å². The number of nitrogens with zero attached hydrogens (tertiary/aromatic N) is 2. The Bertz CT molecular complexity index is 492. The SMILES string of the molecule is O=S1c2ccccc2-c2cncnc21. The fraction of sp³-hybridized carbons (Fsp3) is 0. The van der Waals surface area contributed by atoms with E-state index < -0.39 is 10.8 Å². The average molecular weight is 202 g/mol. The Labute approximate surface area is 83.3 Å². The molecule has 0 saturated heterocycles. The van der Waals surface area contributed by atoms with Crippen LogP contribution < -0.4 is 0 Å². The summed E-state index contributed by atoms with van der Waals surface area (Å²) in [5.74, 6) is 0. The minimum atomic E-state index is -1.12. The van der Waals surface area contributed by atoms with Crippen LogP contribution in [0.25, 0.3) is 11.1 Å². The number of benzene rings is 1. The molecule has 0 amide bonds. The van der Waals surface area contributed by atoms with E-state index in [-0.39, 0.29) is 0 Å². The third-order valence-electron chi connectivity index (χ3n) is 2.23. The molecular formula is C10H6N2OS. The Balaban J connectivity index is 2.42. The van der Waals surface area contributed by atoms with E-state index in [2.05, 4.69) is 9.97 Å². The van der Waals surface area contributed by atoms with E-state index in [9.17, 15) is 4.21 Å². The molecule has 0 radical (unpaired) electrons. The normalized spacial score (nSPS) is 17.6. The first-order chi connectivity index (χ1) is 6.88. The maximum atomic E-state index is 11.9. The Kier molecular flexibility index (Phi) is 1.52. The predicted molar refractivity (Wildman–Crippen MR) is 52.1 cm³/mol. The van der Waals surface area contributed by atoms with Crippen LogP contribution in [-0.2, 0) is 10.8 Å². The highest BCUT2D eigenvalue weighted by Crippen LogP contribution is 2.38. The summed E-state index contributed by atoms with van der Waals surface area (Å²) < 4.78 is 11.9. The molecule has 1 unspecified atom stereocenters. The molecule has 1 aliphatic rings. The maximum Gasteiger partial charge on any atom is 0.143 e. The smallest absolute Gasteiger partial charge is 0.143 e. The number of aromatic nitrogens is 2. The molecule has 0 saturated carbocycles. The third-order valence-corrected chi connectivity index (χ3v) is 3.66. The number of hydrogen-bond donors (Lipinski definition) is 0. The zero-order valence-corrected chi connectivity index (χ0v) is 7.99. The summed E-state index contributed by atoms with van der Waals surface area (Å²) in [4.78, 5) is 8.82. The van der Waals surface area contributed by atoms with Gasteiger partial charge in [-0.1, -0.05) is 18.2 Å². The molecule has 0 N–H and O–H groups in total. The van der Waals surface area contributed by atoms with E-state index >= 15 is 0 Å². The molecule has 1 aromatic heterocycles. The van der Waals surface area contributed by atoms with Gasteiger partial charge in [-0.05, 0) is 6.07 Å². The van der Waals surface area contributed by atoms with Crippen LogP contribution >= 0.6 is 0 Å². The summed E-state index contributed by atoms with van der Waals surface area (Å²) in [5, 5.41) is 0.626. The number of rotatable bonds is 0. The van der Waals surface area contributed by atoms with E-state index in [1.165, 1.54) is 6.33 Å². The lowest BCUT2D eigenvalue weighted by molar-refractivity contribution is 0.682. The second-order valence-electron chi connectivity index (χ2n) is 3.01. The summed E-state index contributed by atoms with van der Waals surface area (Å²) in [5.41, 5.74) is 1.88. The Hall–Kier alpha value is -1.55. The summed E-state index contributed by atoms with van der Waals surface area (Å²) in [7, 11) is -1.12. The quantitative estimate of drug-likeness (QED) is 0.520. The van der Waals surface area contributed by atoms with Gasteiger partial charge in [0.2, 0.25) is 0 Å². The van der Waals surface area contributed by atoms with Gasteiger partial charge < -0.3 is 0 Å². The van der Waals surface area contributed by atoms with E-state index in [4.69, 9.17) is 0 Å². The van der Waals surface area contributed by atoms with Crippen molar-refractivity contribution < 1.29 is 4.21 Å². The van der Waals surface area contributed by atoms with Gasteiger partial charge in [0.05, 0.1) is 4.90 Å². The molecule has 1 atom stereocenters. The van der Waals surface area contributed by atoms with Crippen molar-refractivity contribution in [1.29, 1.82) is 0 Å². The highest BCUT2D eigenvalue weighted by Gasteiger charge is 2.26. The van der Waals surface area contributed by atoms with Crippen molar-refractivity contribution in [3.63, 3.8) is 0 Å². The highest BCUT2D eigenvalue weighted by atomic mass is 32.2. The topological polar surface area (TPSA) is 42.9 Å². The zero-order valence-electron chi connectivity index (χ0n) is 7.18. The molecule has 1 aromatic carbocycles. The second-order valence-corrected chi connectivity index (χ2v) is 4.37. The lowest BCUT2D eigenvalue weighted by Gasteiger charge is -1.94. The molecular weight excluding hydrogens is 196 g/mol. The zero-order chi connectivity index (χ0) is 9.54.